The predicted octanol–water partition coefficient (Wildman–Crippen LogP) is 3.57. The van der Waals surface area contributed by atoms with Crippen molar-refractivity contribution in [2.24, 2.45) is 0 Å². The van der Waals surface area contributed by atoms with Crippen molar-refractivity contribution in [1.29, 1.82) is 0 Å². The molecule has 2 aromatic rings. The number of piperidine rings is 1. The van der Waals surface area contributed by atoms with Gasteiger partial charge < -0.3 is 10.0 Å². The van der Waals surface area contributed by atoms with Crippen LogP contribution in [-0.2, 0) is 18.2 Å². The Morgan fingerprint density at radius 1 is 1.23 bits per heavy atom. The number of aliphatic hydroxyl groups is 1. The molecule has 0 unspecified atom stereocenters. The number of nitrogens with zero attached hydrogens (tertiary/aromatic N) is 2. The molecule has 1 saturated heterocycles. The highest BCUT2D eigenvalue weighted by atomic mass is 19.4. The fourth-order valence-electron chi connectivity index (χ4n) is 3.63. The van der Waals surface area contributed by atoms with E-state index < -0.39 is 17.3 Å². The second kappa shape index (κ2) is 7.04. The maximum absolute atomic E-state index is 12.9. The third kappa shape index (κ3) is 3.94. The first-order valence-electron chi connectivity index (χ1n) is 8.82. The molecule has 0 radical (unpaired) electrons. The number of nitrogens with one attached hydrogen (secondary N) is 1. The fourth-order valence-corrected chi connectivity index (χ4v) is 3.63. The van der Waals surface area contributed by atoms with Gasteiger partial charge in [-0.25, -0.2) is 0 Å². The van der Waals surface area contributed by atoms with E-state index in [0.29, 0.717) is 31.5 Å². The lowest BCUT2D eigenvalue weighted by atomic mass is 9.83. The van der Waals surface area contributed by atoms with Gasteiger partial charge in [0.2, 0.25) is 0 Å². The largest absolute Gasteiger partial charge is 0.416 e. The van der Waals surface area contributed by atoms with Gasteiger partial charge in [0.15, 0.2) is 0 Å². The zero-order valence-corrected chi connectivity index (χ0v) is 15.0. The molecule has 1 aromatic heterocycles. The van der Waals surface area contributed by atoms with E-state index in [0.717, 1.165) is 36.5 Å². The summed E-state index contributed by atoms with van der Waals surface area (Å²) in [6.45, 7) is 6.13. The number of H-pyrrole nitrogens is 1. The zero-order chi connectivity index (χ0) is 18.9. The molecule has 4 nitrogen and oxygen atoms in total. The Bertz CT molecular complexity index is 742. The highest BCUT2D eigenvalue weighted by Crippen LogP contribution is 2.36. The molecular weight excluding hydrogens is 343 g/mol. The van der Waals surface area contributed by atoms with E-state index >= 15 is 0 Å². The van der Waals surface area contributed by atoms with E-state index in [1.807, 2.05) is 13.8 Å². The van der Waals surface area contributed by atoms with Gasteiger partial charge in [-0.2, -0.15) is 18.3 Å². The minimum atomic E-state index is -4.40. The van der Waals surface area contributed by atoms with Gasteiger partial charge in [0.05, 0.1) is 16.9 Å². The Morgan fingerprint density at radius 3 is 2.50 bits per heavy atom. The van der Waals surface area contributed by atoms with Crippen LogP contribution in [0.25, 0.3) is 0 Å². The molecule has 1 fully saturated rings. The molecule has 2 N–H and O–H groups in total. The number of aromatic nitrogens is 2. The molecule has 7 heteroatoms. The van der Waals surface area contributed by atoms with Crippen LogP contribution < -0.4 is 0 Å². The van der Waals surface area contributed by atoms with Crippen LogP contribution in [0.3, 0.4) is 0 Å². The molecule has 142 valence electrons. The number of alkyl halides is 3. The molecule has 2 heterocycles. The molecule has 0 aliphatic carbocycles. The highest BCUT2D eigenvalue weighted by molar-refractivity contribution is 5.30. The molecule has 1 aromatic carbocycles. The molecule has 0 saturated carbocycles. The number of hydrogen-bond donors (Lipinski definition) is 2. The van der Waals surface area contributed by atoms with E-state index in [4.69, 9.17) is 0 Å². The Hall–Kier alpha value is -1.86. The van der Waals surface area contributed by atoms with Crippen LogP contribution in [0.15, 0.2) is 24.3 Å². The molecule has 0 bridgehead atoms. The second-order valence-electron chi connectivity index (χ2n) is 7.11. The van der Waals surface area contributed by atoms with Crippen molar-refractivity contribution in [3.05, 3.63) is 52.3 Å². The van der Waals surface area contributed by atoms with Gasteiger partial charge in [0.1, 0.15) is 0 Å². The number of aryl methyl sites for hydroxylation is 2. The van der Waals surface area contributed by atoms with Crippen molar-refractivity contribution < 1.29 is 18.3 Å². The third-order valence-electron chi connectivity index (χ3n) is 5.37. The number of hydrogen-bond acceptors (Lipinski definition) is 3. The first kappa shape index (κ1) is 18.9. The average Bonchev–Trinajstić information content (AvgIpc) is 2.92. The average molecular weight is 367 g/mol. The number of halogens is 3. The Balaban J connectivity index is 1.62. The maximum atomic E-state index is 12.9. The lowest BCUT2D eigenvalue weighted by molar-refractivity contribution is -0.137. The molecule has 26 heavy (non-hydrogen) atoms. The standard InChI is InChI=1S/C19H24F3N3O/c1-13-17(14(2)24-23-13)6-9-25-10-7-18(26,8-11-25)15-4-3-5-16(12-15)19(20,21)22/h3-5,12,26H,6-11H2,1-2H3,(H,23,24). The molecule has 0 spiro atoms. The lowest BCUT2D eigenvalue weighted by Gasteiger charge is -2.38. The van der Waals surface area contributed by atoms with Crippen LogP contribution in [-0.4, -0.2) is 39.8 Å². The minimum Gasteiger partial charge on any atom is -0.385 e. The lowest BCUT2D eigenvalue weighted by Crippen LogP contribution is -2.43. The summed E-state index contributed by atoms with van der Waals surface area (Å²) < 4.78 is 38.8. The summed E-state index contributed by atoms with van der Waals surface area (Å²) in [7, 11) is 0. The first-order chi connectivity index (χ1) is 12.2. The summed E-state index contributed by atoms with van der Waals surface area (Å²) in [5.74, 6) is 0. The summed E-state index contributed by atoms with van der Waals surface area (Å²) in [6.07, 6.45) is -2.67. The van der Waals surface area contributed by atoms with Crippen LogP contribution in [0.1, 0.15) is 40.9 Å². The van der Waals surface area contributed by atoms with Gasteiger partial charge in [-0.3, -0.25) is 5.10 Å². The normalized spacial score (nSPS) is 18.2. The van der Waals surface area contributed by atoms with Crippen molar-refractivity contribution in [2.75, 3.05) is 19.6 Å². The third-order valence-corrected chi connectivity index (χ3v) is 5.37. The van der Waals surface area contributed by atoms with Crippen LogP contribution >= 0.6 is 0 Å². The highest BCUT2D eigenvalue weighted by Gasteiger charge is 2.37. The SMILES string of the molecule is Cc1n[nH]c(C)c1CCN1CCC(O)(c2cccc(C(F)(F)F)c2)CC1. The molecule has 1 aliphatic rings. The summed E-state index contributed by atoms with van der Waals surface area (Å²) in [5.41, 5.74) is 1.73. The quantitative estimate of drug-likeness (QED) is 0.869. The summed E-state index contributed by atoms with van der Waals surface area (Å²) in [5, 5.41) is 18.1. The minimum absolute atomic E-state index is 0.355. The van der Waals surface area contributed by atoms with E-state index in [-0.39, 0.29) is 0 Å². The number of benzene rings is 1. The Labute approximate surface area is 151 Å². The second-order valence-corrected chi connectivity index (χ2v) is 7.11. The van der Waals surface area contributed by atoms with Crippen molar-refractivity contribution in [3.8, 4) is 0 Å². The van der Waals surface area contributed by atoms with E-state index in [2.05, 4.69) is 15.1 Å². The van der Waals surface area contributed by atoms with Gasteiger partial charge in [-0.15, -0.1) is 0 Å². The molecule has 1 aliphatic heterocycles. The molecule has 3 rings (SSSR count). The van der Waals surface area contributed by atoms with Crippen molar-refractivity contribution in [2.45, 2.75) is 44.9 Å². The Kier molecular flexibility index (Phi) is 5.12. The van der Waals surface area contributed by atoms with Gasteiger partial charge in [-0.05, 0) is 56.4 Å². The van der Waals surface area contributed by atoms with Crippen molar-refractivity contribution in [3.63, 3.8) is 0 Å². The van der Waals surface area contributed by atoms with Crippen LogP contribution in [0, 0.1) is 13.8 Å². The number of likely N-dealkylation sites (tertiary alicyclic amines) is 1. The topological polar surface area (TPSA) is 52.2 Å². The van der Waals surface area contributed by atoms with Crippen LogP contribution in [0.4, 0.5) is 13.2 Å². The monoisotopic (exact) mass is 367 g/mol. The smallest absolute Gasteiger partial charge is 0.385 e. The van der Waals surface area contributed by atoms with E-state index in [1.54, 1.807) is 6.07 Å². The van der Waals surface area contributed by atoms with Gasteiger partial charge >= 0.3 is 6.18 Å². The fraction of sp³-hybridized carbons (Fsp3) is 0.526. The van der Waals surface area contributed by atoms with Crippen LogP contribution in [0.2, 0.25) is 0 Å². The van der Waals surface area contributed by atoms with E-state index in [1.165, 1.54) is 11.6 Å². The summed E-state index contributed by atoms with van der Waals surface area (Å²) >= 11 is 0. The van der Waals surface area contributed by atoms with Crippen LogP contribution in [0.5, 0.6) is 0 Å². The summed E-state index contributed by atoms with van der Waals surface area (Å²) in [6, 6.07) is 5.07. The first-order valence-corrected chi connectivity index (χ1v) is 8.82. The maximum Gasteiger partial charge on any atom is 0.416 e. The zero-order valence-electron chi connectivity index (χ0n) is 15.0. The summed E-state index contributed by atoms with van der Waals surface area (Å²) in [4.78, 5) is 2.24. The van der Waals surface area contributed by atoms with Crippen molar-refractivity contribution in [1.82, 2.24) is 15.1 Å². The van der Waals surface area contributed by atoms with Gasteiger partial charge in [-0.1, -0.05) is 12.1 Å². The predicted molar refractivity (Wildman–Crippen MR) is 92.8 cm³/mol. The number of aromatic amines is 1. The van der Waals surface area contributed by atoms with Crippen molar-refractivity contribution >= 4 is 0 Å². The van der Waals surface area contributed by atoms with Gasteiger partial charge in [0, 0.05) is 25.3 Å². The Morgan fingerprint density at radius 2 is 1.92 bits per heavy atom. The number of rotatable bonds is 4. The molecular formula is C19H24F3N3O. The molecule has 0 amide bonds. The molecule has 0 atom stereocenters. The van der Waals surface area contributed by atoms with E-state index in [9.17, 15) is 18.3 Å². The van der Waals surface area contributed by atoms with Gasteiger partial charge in [0.25, 0.3) is 0 Å².